The summed E-state index contributed by atoms with van der Waals surface area (Å²) in [6, 6.07) is 4.70. The summed E-state index contributed by atoms with van der Waals surface area (Å²) in [6.07, 6.45) is 4.50. The molecule has 0 heterocycles. The maximum absolute atomic E-state index is 10.8. The summed E-state index contributed by atoms with van der Waals surface area (Å²) in [5.41, 5.74) is 0.0812. The van der Waals surface area contributed by atoms with E-state index in [1.807, 2.05) is 0 Å². The van der Waals surface area contributed by atoms with Crippen molar-refractivity contribution in [3.05, 3.63) is 28.8 Å². The minimum atomic E-state index is -1.04. The molecule has 1 aromatic carbocycles. The van der Waals surface area contributed by atoms with Crippen LogP contribution in [0.5, 0.6) is 5.75 Å². The average Bonchev–Trinajstić information content (AvgIpc) is 2.30. The van der Waals surface area contributed by atoms with Gasteiger partial charge in [-0.05, 0) is 24.6 Å². The first-order chi connectivity index (χ1) is 8.15. The molecule has 0 spiro atoms. The number of rotatable bonds is 7. The van der Waals surface area contributed by atoms with Crippen LogP contribution < -0.4 is 4.74 Å². The van der Waals surface area contributed by atoms with Crippen molar-refractivity contribution >= 4 is 17.6 Å². The number of hydrogen-bond donors (Lipinski definition) is 1. The van der Waals surface area contributed by atoms with Gasteiger partial charge in [0.05, 0.1) is 17.2 Å². The fraction of sp³-hybridized carbons (Fsp3) is 0.462. The number of benzene rings is 1. The third kappa shape index (κ3) is 4.65. The fourth-order valence-corrected chi connectivity index (χ4v) is 1.68. The van der Waals surface area contributed by atoms with Crippen molar-refractivity contribution in [1.82, 2.24) is 0 Å². The largest absolute Gasteiger partial charge is 0.494 e. The molecule has 1 N–H and O–H groups in total. The quantitative estimate of drug-likeness (QED) is 0.750. The number of hydrogen-bond acceptors (Lipinski definition) is 2. The molecule has 0 radical (unpaired) electrons. The number of carboxylic acid groups (broad SMARTS) is 1. The number of halogens is 1. The minimum Gasteiger partial charge on any atom is -0.494 e. The number of unbranched alkanes of at least 4 members (excludes halogenated alkanes) is 3. The van der Waals surface area contributed by atoms with Gasteiger partial charge in [0.1, 0.15) is 5.75 Å². The molecule has 3 nitrogen and oxygen atoms in total. The van der Waals surface area contributed by atoms with Crippen LogP contribution in [-0.2, 0) is 0 Å². The van der Waals surface area contributed by atoms with E-state index in [1.165, 1.54) is 18.9 Å². The van der Waals surface area contributed by atoms with E-state index in [9.17, 15) is 4.79 Å². The van der Waals surface area contributed by atoms with Crippen LogP contribution in [0.4, 0.5) is 0 Å². The summed E-state index contributed by atoms with van der Waals surface area (Å²) in [4.78, 5) is 10.8. The Labute approximate surface area is 106 Å². The van der Waals surface area contributed by atoms with Gasteiger partial charge in [0.15, 0.2) is 0 Å². The summed E-state index contributed by atoms with van der Waals surface area (Å²) in [5, 5.41) is 9.12. The molecule has 0 aliphatic heterocycles. The Balaban J connectivity index is 2.49. The van der Waals surface area contributed by atoms with Crippen LogP contribution in [0, 0.1) is 0 Å². The van der Waals surface area contributed by atoms with Crippen LogP contribution in [0.1, 0.15) is 43.0 Å². The van der Waals surface area contributed by atoms with E-state index in [4.69, 9.17) is 21.4 Å². The molecule has 94 valence electrons. The minimum absolute atomic E-state index is 0.0812. The average molecular weight is 257 g/mol. The predicted molar refractivity (Wildman–Crippen MR) is 68.0 cm³/mol. The van der Waals surface area contributed by atoms with E-state index in [-0.39, 0.29) is 10.6 Å². The predicted octanol–water partition coefficient (Wildman–Crippen LogP) is 4.00. The van der Waals surface area contributed by atoms with Crippen LogP contribution in [0.15, 0.2) is 18.2 Å². The van der Waals surface area contributed by atoms with Crippen LogP contribution in [0.2, 0.25) is 5.02 Å². The van der Waals surface area contributed by atoms with Crippen molar-refractivity contribution in [2.75, 3.05) is 6.61 Å². The molecule has 0 aromatic heterocycles. The monoisotopic (exact) mass is 256 g/mol. The molecule has 0 bridgehead atoms. The molecular weight excluding hydrogens is 240 g/mol. The zero-order chi connectivity index (χ0) is 12.7. The van der Waals surface area contributed by atoms with Gasteiger partial charge in [-0.15, -0.1) is 0 Å². The number of carboxylic acids is 1. The fourth-order valence-electron chi connectivity index (χ4n) is 1.48. The molecule has 0 aliphatic rings. The highest BCUT2D eigenvalue weighted by Crippen LogP contribution is 2.22. The molecule has 17 heavy (non-hydrogen) atoms. The molecule has 0 fully saturated rings. The third-order valence-corrected chi connectivity index (χ3v) is 2.76. The summed E-state index contributed by atoms with van der Waals surface area (Å²) in [5.74, 6) is -0.477. The Morgan fingerprint density at radius 3 is 2.76 bits per heavy atom. The Hall–Kier alpha value is -1.22. The first-order valence-corrected chi connectivity index (χ1v) is 6.18. The molecule has 0 atom stereocenters. The molecule has 0 aliphatic carbocycles. The number of carbonyl (C=O) groups is 1. The van der Waals surface area contributed by atoms with E-state index in [0.717, 1.165) is 12.8 Å². The molecule has 1 aromatic rings. The Morgan fingerprint density at radius 2 is 2.12 bits per heavy atom. The lowest BCUT2D eigenvalue weighted by Gasteiger charge is -2.07. The standard InChI is InChI=1S/C13H17ClO3/c1-2-3-4-5-8-17-10-6-7-12(14)11(9-10)13(15)16/h6-7,9H,2-5,8H2,1H3,(H,15,16). The molecule has 0 unspecified atom stereocenters. The molecular formula is C13H17ClO3. The Bertz CT molecular complexity index is 377. The van der Waals surface area contributed by atoms with E-state index in [2.05, 4.69) is 6.92 Å². The Morgan fingerprint density at radius 1 is 1.35 bits per heavy atom. The van der Waals surface area contributed by atoms with Crippen molar-refractivity contribution in [1.29, 1.82) is 0 Å². The van der Waals surface area contributed by atoms with Gasteiger partial charge >= 0.3 is 5.97 Å². The lowest BCUT2D eigenvalue weighted by molar-refractivity contribution is 0.0696. The van der Waals surface area contributed by atoms with Gasteiger partial charge in [-0.1, -0.05) is 37.8 Å². The van der Waals surface area contributed by atoms with Crippen molar-refractivity contribution < 1.29 is 14.6 Å². The highest BCUT2D eigenvalue weighted by molar-refractivity contribution is 6.33. The third-order valence-electron chi connectivity index (χ3n) is 2.43. The van der Waals surface area contributed by atoms with Gasteiger partial charge < -0.3 is 9.84 Å². The summed E-state index contributed by atoms with van der Waals surface area (Å²) in [6.45, 7) is 2.76. The van der Waals surface area contributed by atoms with Crippen LogP contribution in [0.25, 0.3) is 0 Å². The molecule has 0 saturated carbocycles. The van der Waals surface area contributed by atoms with Crippen LogP contribution in [0.3, 0.4) is 0 Å². The second kappa shape index (κ2) is 7.17. The summed E-state index contributed by atoms with van der Waals surface area (Å²) >= 11 is 5.76. The molecule has 1 rings (SSSR count). The second-order valence-electron chi connectivity index (χ2n) is 3.86. The van der Waals surface area contributed by atoms with Gasteiger partial charge in [-0.2, -0.15) is 0 Å². The molecule has 0 saturated heterocycles. The smallest absolute Gasteiger partial charge is 0.337 e. The number of ether oxygens (including phenoxy) is 1. The summed E-state index contributed by atoms with van der Waals surface area (Å²) in [7, 11) is 0. The lowest BCUT2D eigenvalue weighted by Crippen LogP contribution is -2.01. The lowest BCUT2D eigenvalue weighted by atomic mass is 10.2. The van der Waals surface area contributed by atoms with E-state index >= 15 is 0 Å². The maximum atomic E-state index is 10.8. The van der Waals surface area contributed by atoms with Crippen molar-refractivity contribution in [3.63, 3.8) is 0 Å². The zero-order valence-electron chi connectivity index (χ0n) is 9.91. The van der Waals surface area contributed by atoms with Crippen molar-refractivity contribution in [2.45, 2.75) is 32.6 Å². The SMILES string of the molecule is CCCCCCOc1ccc(Cl)c(C(=O)O)c1. The van der Waals surface area contributed by atoms with E-state index < -0.39 is 5.97 Å². The van der Waals surface area contributed by atoms with Gasteiger partial charge in [-0.3, -0.25) is 0 Å². The highest BCUT2D eigenvalue weighted by atomic mass is 35.5. The zero-order valence-corrected chi connectivity index (χ0v) is 10.7. The van der Waals surface area contributed by atoms with Gasteiger partial charge in [-0.25, -0.2) is 4.79 Å². The van der Waals surface area contributed by atoms with E-state index in [0.29, 0.717) is 12.4 Å². The van der Waals surface area contributed by atoms with Gasteiger partial charge in [0.25, 0.3) is 0 Å². The van der Waals surface area contributed by atoms with Crippen molar-refractivity contribution in [3.8, 4) is 5.75 Å². The van der Waals surface area contributed by atoms with Gasteiger partial charge in [0.2, 0.25) is 0 Å². The normalized spacial score (nSPS) is 10.2. The van der Waals surface area contributed by atoms with Crippen LogP contribution >= 0.6 is 11.6 Å². The van der Waals surface area contributed by atoms with E-state index in [1.54, 1.807) is 12.1 Å². The summed E-state index contributed by atoms with van der Waals surface area (Å²) < 4.78 is 5.48. The van der Waals surface area contributed by atoms with Gasteiger partial charge in [0, 0.05) is 0 Å². The molecule has 4 heteroatoms. The topological polar surface area (TPSA) is 46.5 Å². The first-order valence-electron chi connectivity index (χ1n) is 5.80. The van der Waals surface area contributed by atoms with Crippen LogP contribution in [-0.4, -0.2) is 17.7 Å². The van der Waals surface area contributed by atoms with Crippen molar-refractivity contribution in [2.24, 2.45) is 0 Å². The maximum Gasteiger partial charge on any atom is 0.337 e. The molecule has 0 amide bonds. The number of aromatic carboxylic acids is 1. The highest BCUT2D eigenvalue weighted by Gasteiger charge is 2.09. The second-order valence-corrected chi connectivity index (χ2v) is 4.26. The first kappa shape index (κ1) is 13.8. The Kier molecular flexibility index (Phi) is 5.84.